The first-order valence-corrected chi connectivity index (χ1v) is 10.6. The molecule has 0 heterocycles. The van der Waals surface area contributed by atoms with Crippen molar-refractivity contribution in [1.82, 2.24) is 10.6 Å². The van der Waals surface area contributed by atoms with Gasteiger partial charge in [0.2, 0.25) is 0 Å². The van der Waals surface area contributed by atoms with Gasteiger partial charge in [-0.15, -0.1) is 24.0 Å². The Morgan fingerprint density at radius 3 is 2.48 bits per heavy atom. The van der Waals surface area contributed by atoms with Gasteiger partial charge in [0.1, 0.15) is 0 Å². The number of hydrogen-bond acceptors (Lipinski definition) is 3. The second-order valence-corrected chi connectivity index (χ2v) is 10.3. The smallest absolute Gasteiger partial charge is 0.191 e. The van der Waals surface area contributed by atoms with Crippen LogP contribution in [0.1, 0.15) is 59.8 Å². The van der Waals surface area contributed by atoms with E-state index in [1.54, 1.807) is 7.05 Å². The summed E-state index contributed by atoms with van der Waals surface area (Å²) in [6.45, 7) is 9.61. The van der Waals surface area contributed by atoms with Crippen LogP contribution in [0.5, 0.6) is 0 Å². The van der Waals surface area contributed by atoms with Crippen LogP contribution in [0.25, 0.3) is 0 Å². The molecule has 0 aromatic rings. The van der Waals surface area contributed by atoms with E-state index in [1.807, 2.05) is 20.8 Å². The standard InChI is InChI=1S/C18H35N3O2S.HI/c1-6-23-15-13-14(18(15)9-7-8-10-18)21-16(19-5)20-11-12-24(22)17(2,3)4;/h14-15H,6-13H2,1-5H3,(H2,19,20,21);1H. The third kappa shape index (κ3) is 5.54. The van der Waals surface area contributed by atoms with E-state index in [4.69, 9.17) is 4.74 Å². The molecule has 2 N–H and O–H groups in total. The molecule has 0 aromatic heterocycles. The predicted octanol–water partition coefficient (Wildman–Crippen LogP) is 3.05. The maximum absolute atomic E-state index is 12.1. The van der Waals surface area contributed by atoms with Gasteiger partial charge in [0.25, 0.3) is 0 Å². The number of guanidine groups is 1. The van der Waals surface area contributed by atoms with Crippen molar-refractivity contribution < 1.29 is 8.95 Å². The van der Waals surface area contributed by atoms with Gasteiger partial charge in [0, 0.05) is 53.0 Å². The molecule has 7 heteroatoms. The molecule has 0 amide bonds. The second-order valence-electron chi connectivity index (χ2n) is 7.98. The van der Waals surface area contributed by atoms with Crippen LogP contribution in [0.2, 0.25) is 0 Å². The van der Waals surface area contributed by atoms with Gasteiger partial charge in [-0.05, 0) is 47.0 Å². The maximum Gasteiger partial charge on any atom is 0.191 e. The van der Waals surface area contributed by atoms with E-state index in [0.29, 0.717) is 29.9 Å². The summed E-state index contributed by atoms with van der Waals surface area (Å²) in [5.74, 6) is 1.47. The summed E-state index contributed by atoms with van der Waals surface area (Å²) in [6.07, 6.45) is 6.56. The average Bonchev–Trinajstić information content (AvgIpc) is 3.03. The number of aliphatic imine (C=N–C) groups is 1. The molecule has 5 nitrogen and oxygen atoms in total. The van der Waals surface area contributed by atoms with Crippen LogP contribution in [-0.2, 0) is 15.5 Å². The number of hydrogen-bond donors (Lipinski definition) is 2. The lowest BCUT2D eigenvalue weighted by Crippen LogP contribution is -2.65. The minimum Gasteiger partial charge on any atom is -0.378 e. The molecule has 0 bridgehead atoms. The molecule has 0 aromatic carbocycles. The lowest BCUT2D eigenvalue weighted by Gasteiger charge is -2.54. The van der Waals surface area contributed by atoms with Crippen molar-refractivity contribution in [2.45, 2.75) is 76.7 Å². The third-order valence-corrected chi connectivity index (χ3v) is 7.43. The van der Waals surface area contributed by atoms with Crippen molar-refractivity contribution in [1.29, 1.82) is 0 Å². The monoisotopic (exact) mass is 485 g/mol. The van der Waals surface area contributed by atoms with Crippen LogP contribution >= 0.6 is 24.0 Å². The van der Waals surface area contributed by atoms with Crippen LogP contribution in [0.3, 0.4) is 0 Å². The van der Waals surface area contributed by atoms with Gasteiger partial charge < -0.3 is 15.4 Å². The number of rotatable bonds is 6. The first-order valence-electron chi connectivity index (χ1n) is 9.30. The maximum atomic E-state index is 12.1. The summed E-state index contributed by atoms with van der Waals surface area (Å²) in [7, 11) is 0.963. The summed E-state index contributed by atoms with van der Waals surface area (Å²) in [6, 6.07) is 0.441. The molecule has 2 fully saturated rings. The van der Waals surface area contributed by atoms with Gasteiger partial charge in [-0.2, -0.15) is 0 Å². The van der Waals surface area contributed by atoms with Gasteiger partial charge >= 0.3 is 0 Å². The van der Waals surface area contributed by atoms with E-state index in [1.165, 1.54) is 25.7 Å². The Morgan fingerprint density at radius 2 is 1.96 bits per heavy atom. The van der Waals surface area contributed by atoms with E-state index in [-0.39, 0.29) is 28.7 Å². The summed E-state index contributed by atoms with van der Waals surface area (Å²) in [5, 5.41) is 6.93. The molecule has 3 atom stereocenters. The van der Waals surface area contributed by atoms with Gasteiger partial charge in [-0.1, -0.05) is 12.8 Å². The molecule has 2 aliphatic rings. The highest BCUT2D eigenvalue weighted by Gasteiger charge is 2.56. The van der Waals surface area contributed by atoms with Crippen molar-refractivity contribution in [2.24, 2.45) is 10.4 Å². The van der Waals surface area contributed by atoms with Crippen molar-refractivity contribution >= 4 is 40.7 Å². The lowest BCUT2D eigenvalue weighted by atomic mass is 9.60. The minimum absolute atomic E-state index is 0. The van der Waals surface area contributed by atoms with Crippen molar-refractivity contribution in [3.8, 4) is 0 Å². The zero-order chi connectivity index (χ0) is 17.8. The van der Waals surface area contributed by atoms with Crippen molar-refractivity contribution in [3.05, 3.63) is 0 Å². The van der Waals surface area contributed by atoms with Crippen LogP contribution in [0.4, 0.5) is 0 Å². The van der Waals surface area contributed by atoms with Gasteiger partial charge in [-0.3, -0.25) is 9.20 Å². The largest absolute Gasteiger partial charge is 0.378 e. The van der Waals surface area contributed by atoms with E-state index in [9.17, 15) is 4.21 Å². The highest BCUT2D eigenvalue weighted by molar-refractivity contribution is 14.0. The van der Waals surface area contributed by atoms with Crippen LogP contribution < -0.4 is 10.6 Å². The van der Waals surface area contributed by atoms with Gasteiger partial charge in [-0.25, -0.2) is 0 Å². The average molecular weight is 485 g/mol. The molecular weight excluding hydrogens is 449 g/mol. The Hall–Kier alpha value is 0.110. The summed E-state index contributed by atoms with van der Waals surface area (Å²) >= 11 is 0. The van der Waals surface area contributed by atoms with Gasteiger partial charge in [0.05, 0.1) is 6.10 Å². The lowest BCUT2D eigenvalue weighted by molar-refractivity contribution is -0.125. The summed E-state index contributed by atoms with van der Waals surface area (Å²) in [4.78, 5) is 4.35. The summed E-state index contributed by atoms with van der Waals surface area (Å²) < 4.78 is 17.9. The molecule has 0 aliphatic heterocycles. The molecule has 0 saturated heterocycles. The molecule has 25 heavy (non-hydrogen) atoms. The first kappa shape index (κ1) is 23.1. The number of halogens is 1. The first-order chi connectivity index (χ1) is 11.3. The van der Waals surface area contributed by atoms with E-state index in [2.05, 4.69) is 22.5 Å². The topological polar surface area (TPSA) is 62.7 Å². The van der Waals surface area contributed by atoms with Crippen LogP contribution in [0.15, 0.2) is 4.99 Å². The van der Waals surface area contributed by atoms with E-state index >= 15 is 0 Å². The van der Waals surface area contributed by atoms with Gasteiger partial charge in [0.15, 0.2) is 5.96 Å². The Balaban J connectivity index is 0.00000312. The minimum atomic E-state index is -0.838. The number of nitrogens with zero attached hydrogens (tertiary/aromatic N) is 1. The number of nitrogens with one attached hydrogen (secondary N) is 2. The van der Waals surface area contributed by atoms with Crippen LogP contribution in [-0.4, -0.2) is 53.0 Å². The predicted molar refractivity (Wildman–Crippen MR) is 117 cm³/mol. The Bertz CT molecular complexity index is 473. The van der Waals surface area contributed by atoms with Crippen molar-refractivity contribution in [3.63, 3.8) is 0 Å². The number of ether oxygens (including phenoxy) is 1. The highest BCUT2D eigenvalue weighted by atomic mass is 127. The Morgan fingerprint density at radius 1 is 1.32 bits per heavy atom. The fourth-order valence-corrected chi connectivity index (χ4v) is 4.92. The molecule has 0 radical (unpaired) electrons. The fraction of sp³-hybridized carbons (Fsp3) is 0.944. The SMILES string of the molecule is CCOC1CC(NC(=NC)NCCS(=O)C(C)(C)C)C12CCCC2.I. The third-order valence-electron chi connectivity index (χ3n) is 5.48. The Labute approximate surface area is 173 Å². The molecule has 148 valence electrons. The normalized spacial score (nSPS) is 26.7. The Kier molecular flexibility index (Phi) is 9.14. The molecule has 2 saturated carbocycles. The summed E-state index contributed by atoms with van der Waals surface area (Å²) in [5.41, 5.74) is 0.294. The quantitative estimate of drug-likeness (QED) is 0.345. The molecule has 1 spiro atoms. The second kappa shape index (κ2) is 9.88. The molecular formula is C18H36IN3O2S. The van der Waals surface area contributed by atoms with Crippen molar-refractivity contribution in [2.75, 3.05) is 26.0 Å². The highest BCUT2D eigenvalue weighted by Crippen LogP contribution is 2.54. The zero-order valence-corrected chi connectivity index (χ0v) is 19.5. The fourth-order valence-electron chi connectivity index (χ4n) is 4.02. The van der Waals surface area contributed by atoms with E-state index in [0.717, 1.165) is 19.0 Å². The molecule has 2 aliphatic carbocycles. The van der Waals surface area contributed by atoms with Crippen LogP contribution in [0, 0.1) is 5.41 Å². The van der Waals surface area contributed by atoms with E-state index < -0.39 is 10.8 Å². The molecule has 3 unspecified atom stereocenters. The molecule has 2 rings (SSSR count). The zero-order valence-electron chi connectivity index (χ0n) is 16.4.